The highest BCUT2D eigenvalue weighted by Gasteiger charge is 2.34. The van der Waals surface area contributed by atoms with Gasteiger partial charge in [0.05, 0.1) is 36.3 Å². The van der Waals surface area contributed by atoms with Crippen LogP contribution in [0.15, 0.2) is 41.3 Å². The third-order valence-corrected chi connectivity index (χ3v) is 7.50. The van der Waals surface area contributed by atoms with Gasteiger partial charge < -0.3 is 19.7 Å². The fourth-order valence-corrected chi connectivity index (χ4v) is 5.29. The highest BCUT2D eigenvalue weighted by Crippen LogP contribution is 2.34. The normalized spacial score (nSPS) is 16.6. The number of amides is 2. The summed E-state index contributed by atoms with van der Waals surface area (Å²) < 4.78 is 51.0. The maximum Gasteiger partial charge on any atom is 0.255 e. The molecule has 2 aromatic rings. The van der Waals surface area contributed by atoms with Crippen molar-refractivity contribution in [2.75, 3.05) is 46.7 Å². The van der Waals surface area contributed by atoms with E-state index in [9.17, 15) is 22.4 Å². The summed E-state index contributed by atoms with van der Waals surface area (Å²) in [5, 5.41) is 2.77. The van der Waals surface area contributed by atoms with Crippen LogP contribution in [0.2, 0.25) is 0 Å². The second kappa shape index (κ2) is 10.4. The molecule has 11 heteroatoms. The molecule has 1 atom stereocenters. The van der Waals surface area contributed by atoms with Crippen LogP contribution in [0.1, 0.15) is 23.2 Å². The number of benzene rings is 2. The first-order valence-electron chi connectivity index (χ1n) is 10.6. The Morgan fingerprint density at radius 3 is 2.29 bits per heavy atom. The van der Waals surface area contributed by atoms with E-state index in [1.807, 2.05) is 0 Å². The first kappa shape index (κ1) is 25.4. The van der Waals surface area contributed by atoms with Crippen molar-refractivity contribution in [1.82, 2.24) is 9.21 Å². The number of piperidine rings is 1. The standard InChI is InChI=1S/C23H28FN3O6S/c1-26(2)23(29)18-12-20(32-3)21(33-4)13-19(18)25-22(28)15-6-5-11-27(14-15)34(30,31)17-9-7-16(24)8-10-17/h7-10,12-13,15H,5-6,11,14H2,1-4H3,(H,25,28). The first-order valence-corrected chi connectivity index (χ1v) is 12.1. The number of carbonyl (C=O) groups is 2. The molecular weight excluding hydrogens is 465 g/mol. The minimum atomic E-state index is -3.88. The van der Waals surface area contributed by atoms with Crippen molar-refractivity contribution in [3.8, 4) is 11.5 Å². The number of halogens is 1. The van der Waals surface area contributed by atoms with Gasteiger partial charge in [-0.15, -0.1) is 0 Å². The predicted molar refractivity (Wildman–Crippen MR) is 124 cm³/mol. The molecule has 184 valence electrons. The monoisotopic (exact) mass is 493 g/mol. The third kappa shape index (κ3) is 5.31. The van der Waals surface area contributed by atoms with Crippen LogP contribution < -0.4 is 14.8 Å². The maximum atomic E-state index is 13.2. The van der Waals surface area contributed by atoms with Crippen molar-refractivity contribution < 1.29 is 31.9 Å². The van der Waals surface area contributed by atoms with E-state index in [4.69, 9.17) is 9.47 Å². The summed E-state index contributed by atoms with van der Waals surface area (Å²) in [6.07, 6.45) is 0.958. The van der Waals surface area contributed by atoms with Gasteiger partial charge in [-0.1, -0.05) is 0 Å². The smallest absolute Gasteiger partial charge is 0.255 e. The zero-order valence-corrected chi connectivity index (χ0v) is 20.3. The molecule has 3 rings (SSSR count). The lowest BCUT2D eigenvalue weighted by Crippen LogP contribution is -2.43. The van der Waals surface area contributed by atoms with Crippen molar-refractivity contribution in [3.63, 3.8) is 0 Å². The Hall–Kier alpha value is -3.18. The van der Waals surface area contributed by atoms with E-state index in [1.165, 1.54) is 47.7 Å². The van der Waals surface area contributed by atoms with Crippen molar-refractivity contribution >= 4 is 27.5 Å². The van der Waals surface area contributed by atoms with Crippen LogP contribution in [0.25, 0.3) is 0 Å². The number of rotatable bonds is 7. The molecule has 0 radical (unpaired) electrons. The quantitative estimate of drug-likeness (QED) is 0.636. The fourth-order valence-electron chi connectivity index (χ4n) is 3.77. The second-order valence-electron chi connectivity index (χ2n) is 8.10. The molecule has 2 amide bonds. The first-order chi connectivity index (χ1) is 16.1. The van der Waals surface area contributed by atoms with Gasteiger partial charge in [-0.3, -0.25) is 9.59 Å². The SMILES string of the molecule is COc1cc(NC(=O)C2CCCN(S(=O)(=O)c3ccc(F)cc3)C2)c(C(=O)N(C)C)cc1OC. The summed E-state index contributed by atoms with van der Waals surface area (Å²) in [4.78, 5) is 27.2. The molecule has 0 saturated carbocycles. The van der Waals surface area contributed by atoms with E-state index in [2.05, 4.69) is 5.32 Å². The van der Waals surface area contributed by atoms with Gasteiger partial charge in [0.2, 0.25) is 15.9 Å². The Morgan fingerprint density at radius 2 is 1.71 bits per heavy atom. The van der Waals surface area contributed by atoms with Gasteiger partial charge in [0.1, 0.15) is 5.82 Å². The summed E-state index contributed by atoms with van der Waals surface area (Å²) in [6.45, 7) is 0.222. The van der Waals surface area contributed by atoms with Crippen LogP contribution in [0.4, 0.5) is 10.1 Å². The van der Waals surface area contributed by atoms with Crippen LogP contribution >= 0.6 is 0 Å². The predicted octanol–water partition coefficient (Wildman–Crippen LogP) is 2.58. The zero-order chi connectivity index (χ0) is 25.0. The molecule has 0 aromatic heterocycles. The fraction of sp³-hybridized carbons (Fsp3) is 0.391. The number of nitrogens with zero attached hydrogens (tertiary/aromatic N) is 2. The molecule has 1 aliphatic rings. The number of hydrogen-bond donors (Lipinski definition) is 1. The van der Waals surface area contributed by atoms with Crippen molar-refractivity contribution in [2.45, 2.75) is 17.7 Å². The average Bonchev–Trinajstić information content (AvgIpc) is 2.83. The number of hydrogen-bond acceptors (Lipinski definition) is 6. The van der Waals surface area contributed by atoms with Gasteiger partial charge in [-0.2, -0.15) is 4.31 Å². The Labute approximate surface area is 198 Å². The summed E-state index contributed by atoms with van der Waals surface area (Å²) >= 11 is 0. The molecule has 1 saturated heterocycles. The summed E-state index contributed by atoms with van der Waals surface area (Å²) in [5.41, 5.74) is 0.447. The summed E-state index contributed by atoms with van der Waals surface area (Å²) in [7, 11) is 2.18. The second-order valence-corrected chi connectivity index (χ2v) is 10.0. The van der Waals surface area contributed by atoms with E-state index in [1.54, 1.807) is 14.1 Å². The highest BCUT2D eigenvalue weighted by atomic mass is 32.2. The van der Waals surface area contributed by atoms with Gasteiger partial charge in [-0.05, 0) is 43.2 Å². The van der Waals surface area contributed by atoms with Crippen LogP contribution in [0, 0.1) is 11.7 Å². The molecule has 1 aliphatic heterocycles. The molecule has 0 spiro atoms. The number of nitrogens with one attached hydrogen (secondary N) is 1. The van der Waals surface area contributed by atoms with Gasteiger partial charge in [0.15, 0.2) is 11.5 Å². The van der Waals surface area contributed by atoms with Crippen LogP contribution in [0.3, 0.4) is 0 Å². The number of methoxy groups -OCH3 is 2. The molecule has 1 heterocycles. The van der Waals surface area contributed by atoms with Crippen LogP contribution in [0.5, 0.6) is 11.5 Å². The Bertz CT molecular complexity index is 1170. The summed E-state index contributed by atoms with van der Waals surface area (Å²) in [5.74, 6) is -1.27. The molecule has 9 nitrogen and oxygen atoms in total. The molecule has 0 bridgehead atoms. The Morgan fingerprint density at radius 1 is 1.09 bits per heavy atom. The molecule has 1 fully saturated rings. The van der Waals surface area contributed by atoms with Crippen molar-refractivity contribution in [2.24, 2.45) is 5.92 Å². The average molecular weight is 494 g/mol. The van der Waals surface area contributed by atoms with Gasteiger partial charge in [-0.25, -0.2) is 12.8 Å². The van der Waals surface area contributed by atoms with Gasteiger partial charge >= 0.3 is 0 Å². The van der Waals surface area contributed by atoms with E-state index in [-0.39, 0.29) is 35.1 Å². The lowest BCUT2D eigenvalue weighted by Gasteiger charge is -2.31. The zero-order valence-electron chi connectivity index (χ0n) is 19.5. The lowest BCUT2D eigenvalue weighted by molar-refractivity contribution is -0.120. The van der Waals surface area contributed by atoms with Crippen LogP contribution in [-0.2, 0) is 14.8 Å². The highest BCUT2D eigenvalue weighted by molar-refractivity contribution is 7.89. The maximum absolute atomic E-state index is 13.2. The topological polar surface area (TPSA) is 105 Å². The number of carbonyl (C=O) groups excluding carboxylic acids is 2. The molecule has 2 aromatic carbocycles. The third-order valence-electron chi connectivity index (χ3n) is 5.62. The van der Waals surface area contributed by atoms with E-state index < -0.39 is 27.7 Å². The van der Waals surface area contributed by atoms with Crippen molar-refractivity contribution in [1.29, 1.82) is 0 Å². The molecule has 0 aliphatic carbocycles. The molecule has 34 heavy (non-hydrogen) atoms. The lowest BCUT2D eigenvalue weighted by atomic mass is 9.98. The van der Waals surface area contributed by atoms with E-state index >= 15 is 0 Å². The van der Waals surface area contributed by atoms with Crippen LogP contribution in [-0.4, -0.2) is 70.8 Å². The molecular formula is C23H28FN3O6S. The number of anilines is 1. The minimum absolute atomic E-state index is 0.0320. The van der Waals surface area contributed by atoms with Crippen molar-refractivity contribution in [3.05, 3.63) is 47.8 Å². The van der Waals surface area contributed by atoms with E-state index in [0.29, 0.717) is 24.3 Å². The Balaban J connectivity index is 1.85. The largest absolute Gasteiger partial charge is 0.493 e. The summed E-state index contributed by atoms with van der Waals surface area (Å²) in [6, 6.07) is 7.57. The molecule has 1 N–H and O–H groups in total. The number of ether oxygens (including phenoxy) is 2. The number of sulfonamides is 1. The van der Waals surface area contributed by atoms with E-state index in [0.717, 1.165) is 12.1 Å². The minimum Gasteiger partial charge on any atom is -0.493 e. The van der Waals surface area contributed by atoms with Gasteiger partial charge in [0, 0.05) is 33.3 Å². The van der Waals surface area contributed by atoms with Gasteiger partial charge in [0.25, 0.3) is 5.91 Å². The molecule has 1 unspecified atom stereocenters. The Kier molecular flexibility index (Phi) is 7.78.